The molecule has 1 aliphatic rings. The van der Waals surface area contributed by atoms with Crippen molar-refractivity contribution in [3.63, 3.8) is 0 Å². The number of carbonyl (C=O) groups is 2. The second-order valence-electron chi connectivity index (χ2n) is 7.05. The van der Waals surface area contributed by atoms with Gasteiger partial charge in [0.1, 0.15) is 0 Å². The van der Waals surface area contributed by atoms with Crippen molar-refractivity contribution in [2.24, 2.45) is 11.8 Å². The van der Waals surface area contributed by atoms with Gasteiger partial charge in [-0.3, -0.25) is 9.59 Å². The molecule has 0 unspecified atom stereocenters. The zero-order valence-corrected chi connectivity index (χ0v) is 16.2. The minimum Gasteiger partial charge on any atom is -0.481 e. The van der Waals surface area contributed by atoms with Crippen molar-refractivity contribution in [2.45, 2.75) is 46.5 Å². The van der Waals surface area contributed by atoms with E-state index in [-0.39, 0.29) is 5.91 Å². The smallest absolute Gasteiger partial charge is 0.307 e. The lowest BCUT2D eigenvalue weighted by Gasteiger charge is -2.26. The SMILES string of the molecule is Cc1ccc(-c2nc(NC(=O)[C@H]3CCCC[C@@H]3C(=O)O)sc2C)cc1C. The summed E-state index contributed by atoms with van der Waals surface area (Å²) in [7, 11) is 0. The van der Waals surface area contributed by atoms with Crippen molar-refractivity contribution < 1.29 is 14.7 Å². The molecule has 1 aliphatic carbocycles. The van der Waals surface area contributed by atoms with Gasteiger partial charge >= 0.3 is 5.97 Å². The molecule has 1 fully saturated rings. The highest BCUT2D eigenvalue weighted by Crippen LogP contribution is 2.34. The molecule has 6 heteroatoms. The van der Waals surface area contributed by atoms with Gasteiger partial charge in [-0.25, -0.2) is 4.98 Å². The Morgan fingerprint density at radius 3 is 2.46 bits per heavy atom. The Labute approximate surface area is 157 Å². The Hall–Kier alpha value is -2.21. The number of carboxylic acid groups (broad SMARTS) is 1. The van der Waals surface area contributed by atoms with E-state index in [1.165, 1.54) is 22.5 Å². The van der Waals surface area contributed by atoms with E-state index in [1.807, 2.05) is 13.0 Å². The summed E-state index contributed by atoms with van der Waals surface area (Å²) in [5.41, 5.74) is 4.33. The van der Waals surface area contributed by atoms with Gasteiger partial charge in [0.2, 0.25) is 5.91 Å². The normalized spacial score (nSPS) is 20.0. The number of thiazole rings is 1. The monoisotopic (exact) mass is 372 g/mol. The topological polar surface area (TPSA) is 79.3 Å². The van der Waals surface area contributed by atoms with Gasteiger partial charge in [0.05, 0.1) is 17.5 Å². The van der Waals surface area contributed by atoms with E-state index < -0.39 is 17.8 Å². The highest BCUT2D eigenvalue weighted by molar-refractivity contribution is 7.16. The summed E-state index contributed by atoms with van der Waals surface area (Å²) >= 11 is 1.43. The second-order valence-corrected chi connectivity index (χ2v) is 8.25. The lowest BCUT2D eigenvalue weighted by atomic mass is 9.79. The Balaban J connectivity index is 1.79. The Bertz CT molecular complexity index is 844. The molecule has 0 radical (unpaired) electrons. The summed E-state index contributed by atoms with van der Waals surface area (Å²) in [6.07, 6.45) is 2.95. The van der Waals surface area contributed by atoms with Gasteiger partial charge in [-0.1, -0.05) is 25.0 Å². The number of rotatable bonds is 4. The molecule has 1 heterocycles. The number of amides is 1. The first-order valence-corrected chi connectivity index (χ1v) is 9.77. The molecule has 138 valence electrons. The number of carboxylic acids is 1. The van der Waals surface area contributed by atoms with E-state index in [2.05, 4.69) is 36.3 Å². The molecule has 0 bridgehead atoms. The molecule has 0 aliphatic heterocycles. The fraction of sp³-hybridized carbons (Fsp3) is 0.450. The number of hydrogen-bond acceptors (Lipinski definition) is 4. The molecule has 0 saturated heterocycles. The predicted molar refractivity (Wildman–Crippen MR) is 103 cm³/mol. The largest absolute Gasteiger partial charge is 0.481 e. The molecule has 2 aromatic rings. The summed E-state index contributed by atoms with van der Waals surface area (Å²) < 4.78 is 0. The van der Waals surface area contributed by atoms with Crippen LogP contribution in [0.4, 0.5) is 5.13 Å². The lowest BCUT2D eigenvalue weighted by molar-refractivity contribution is -0.147. The van der Waals surface area contributed by atoms with Crippen LogP contribution in [-0.4, -0.2) is 22.0 Å². The first-order chi connectivity index (χ1) is 12.4. The molecule has 1 amide bonds. The van der Waals surface area contributed by atoms with Gasteiger partial charge in [0.25, 0.3) is 0 Å². The summed E-state index contributed by atoms with van der Waals surface area (Å²) in [6.45, 7) is 6.12. The Morgan fingerprint density at radius 2 is 1.81 bits per heavy atom. The van der Waals surface area contributed by atoms with Gasteiger partial charge < -0.3 is 10.4 Å². The molecule has 3 rings (SSSR count). The van der Waals surface area contributed by atoms with Crippen LogP contribution in [0, 0.1) is 32.6 Å². The molecule has 0 spiro atoms. The summed E-state index contributed by atoms with van der Waals surface area (Å²) in [5.74, 6) is -2.17. The summed E-state index contributed by atoms with van der Waals surface area (Å²) in [5, 5.41) is 12.8. The van der Waals surface area contributed by atoms with E-state index in [9.17, 15) is 14.7 Å². The van der Waals surface area contributed by atoms with E-state index >= 15 is 0 Å². The highest BCUT2D eigenvalue weighted by Gasteiger charge is 2.36. The molecule has 2 atom stereocenters. The van der Waals surface area contributed by atoms with Crippen molar-refractivity contribution in [2.75, 3.05) is 5.32 Å². The fourth-order valence-electron chi connectivity index (χ4n) is 3.54. The maximum absolute atomic E-state index is 12.6. The zero-order valence-electron chi connectivity index (χ0n) is 15.3. The molecule has 2 N–H and O–H groups in total. The molecule has 1 saturated carbocycles. The number of nitrogens with zero attached hydrogens (tertiary/aromatic N) is 1. The second kappa shape index (κ2) is 7.58. The van der Waals surface area contributed by atoms with Crippen LogP contribution >= 0.6 is 11.3 Å². The maximum Gasteiger partial charge on any atom is 0.307 e. The van der Waals surface area contributed by atoms with Crippen LogP contribution in [0.15, 0.2) is 18.2 Å². The first kappa shape index (κ1) is 18.6. The maximum atomic E-state index is 12.6. The molecule has 5 nitrogen and oxygen atoms in total. The average Bonchev–Trinajstić information content (AvgIpc) is 2.97. The summed E-state index contributed by atoms with van der Waals surface area (Å²) in [4.78, 5) is 29.7. The lowest BCUT2D eigenvalue weighted by Crippen LogP contribution is -2.36. The van der Waals surface area contributed by atoms with Gasteiger partial charge in [-0.05, 0) is 50.8 Å². The van der Waals surface area contributed by atoms with Crippen molar-refractivity contribution in [3.05, 3.63) is 34.2 Å². The number of benzene rings is 1. The standard InChI is InChI=1S/C20H24N2O3S/c1-11-8-9-14(10-12(11)2)17-13(3)26-20(21-17)22-18(23)15-6-4-5-7-16(15)19(24)25/h8-10,15-16H,4-7H2,1-3H3,(H,24,25)(H,21,22,23)/t15-,16-/m0/s1. The van der Waals surface area contributed by atoms with Crippen molar-refractivity contribution in [3.8, 4) is 11.3 Å². The van der Waals surface area contributed by atoms with Crippen LogP contribution in [0.5, 0.6) is 0 Å². The van der Waals surface area contributed by atoms with Gasteiger partial charge in [-0.15, -0.1) is 11.3 Å². The highest BCUT2D eigenvalue weighted by atomic mass is 32.1. The van der Waals surface area contributed by atoms with Crippen molar-refractivity contribution in [1.29, 1.82) is 0 Å². The minimum absolute atomic E-state index is 0.225. The number of anilines is 1. The van der Waals surface area contributed by atoms with Gasteiger partial charge in [0, 0.05) is 10.4 Å². The van der Waals surface area contributed by atoms with Gasteiger partial charge in [-0.2, -0.15) is 0 Å². The van der Waals surface area contributed by atoms with Crippen LogP contribution in [-0.2, 0) is 9.59 Å². The minimum atomic E-state index is -0.879. The predicted octanol–water partition coefficient (Wildman–Crippen LogP) is 4.56. The van der Waals surface area contributed by atoms with Crippen LogP contribution in [0.2, 0.25) is 0 Å². The number of hydrogen-bond donors (Lipinski definition) is 2. The first-order valence-electron chi connectivity index (χ1n) is 8.95. The van der Waals surface area contributed by atoms with Crippen molar-refractivity contribution in [1.82, 2.24) is 4.98 Å². The number of aryl methyl sites for hydroxylation is 3. The Kier molecular flexibility index (Phi) is 5.41. The van der Waals surface area contributed by atoms with E-state index in [0.717, 1.165) is 29.0 Å². The molecular formula is C20H24N2O3S. The molecular weight excluding hydrogens is 348 g/mol. The molecule has 26 heavy (non-hydrogen) atoms. The summed E-state index contributed by atoms with van der Waals surface area (Å²) in [6, 6.07) is 6.21. The fourth-order valence-corrected chi connectivity index (χ4v) is 4.38. The number of aliphatic carboxylic acids is 1. The van der Waals surface area contributed by atoms with E-state index in [1.54, 1.807) is 0 Å². The Morgan fingerprint density at radius 1 is 1.12 bits per heavy atom. The van der Waals surface area contributed by atoms with Crippen LogP contribution in [0.1, 0.15) is 41.7 Å². The third-order valence-electron chi connectivity index (χ3n) is 5.23. The molecule has 1 aromatic heterocycles. The number of nitrogens with one attached hydrogen (secondary N) is 1. The van der Waals surface area contributed by atoms with Crippen LogP contribution in [0.3, 0.4) is 0 Å². The van der Waals surface area contributed by atoms with Crippen molar-refractivity contribution >= 4 is 28.3 Å². The quantitative estimate of drug-likeness (QED) is 0.824. The van der Waals surface area contributed by atoms with Gasteiger partial charge in [0.15, 0.2) is 5.13 Å². The van der Waals surface area contributed by atoms with E-state index in [0.29, 0.717) is 18.0 Å². The number of aromatic nitrogens is 1. The molecule has 1 aromatic carbocycles. The van der Waals surface area contributed by atoms with Crippen LogP contribution in [0.25, 0.3) is 11.3 Å². The zero-order chi connectivity index (χ0) is 18.8. The number of carbonyl (C=O) groups excluding carboxylic acids is 1. The van der Waals surface area contributed by atoms with E-state index in [4.69, 9.17) is 0 Å². The third-order valence-corrected chi connectivity index (χ3v) is 6.11. The third kappa shape index (κ3) is 3.80. The average molecular weight is 372 g/mol. The van der Waals surface area contributed by atoms with Crippen LogP contribution < -0.4 is 5.32 Å².